The van der Waals surface area contributed by atoms with Crippen molar-refractivity contribution in [3.8, 4) is 0 Å². The molecule has 21 heavy (non-hydrogen) atoms. The van der Waals surface area contributed by atoms with E-state index in [1.165, 1.54) is 0 Å². The minimum atomic E-state index is -0.696. The van der Waals surface area contributed by atoms with Crippen molar-refractivity contribution in [3.05, 3.63) is 36.1 Å². The standard InChI is InChI=1S/C17H21NO3/c1-12(16-10-14-4-2-3-5-15(14)21-16)18-9-8-13(11-18)6-7-17(19)20/h2-5,10,12-13H,6-9,11H2,1H3,(H,19,20). The van der Waals surface area contributed by atoms with E-state index in [1.54, 1.807) is 0 Å². The average molecular weight is 287 g/mol. The van der Waals surface area contributed by atoms with Gasteiger partial charge in [-0.25, -0.2) is 0 Å². The highest BCUT2D eigenvalue weighted by molar-refractivity contribution is 5.77. The molecule has 1 aromatic heterocycles. The summed E-state index contributed by atoms with van der Waals surface area (Å²) in [5, 5.41) is 9.92. The summed E-state index contributed by atoms with van der Waals surface area (Å²) in [5.74, 6) is 0.793. The number of hydrogen-bond donors (Lipinski definition) is 1. The van der Waals surface area contributed by atoms with Crippen LogP contribution < -0.4 is 0 Å². The Bertz CT molecular complexity index is 601. The summed E-state index contributed by atoms with van der Waals surface area (Å²) in [6, 6.07) is 10.4. The number of hydrogen-bond acceptors (Lipinski definition) is 3. The molecular formula is C17H21NO3. The normalized spacial score (nSPS) is 20.9. The van der Waals surface area contributed by atoms with Gasteiger partial charge in [0.1, 0.15) is 11.3 Å². The maximum Gasteiger partial charge on any atom is 0.303 e. The van der Waals surface area contributed by atoms with E-state index < -0.39 is 5.97 Å². The molecule has 1 fully saturated rings. The smallest absolute Gasteiger partial charge is 0.303 e. The van der Waals surface area contributed by atoms with Crippen LogP contribution in [-0.2, 0) is 4.79 Å². The van der Waals surface area contributed by atoms with Crippen LogP contribution in [-0.4, -0.2) is 29.1 Å². The number of aliphatic carboxylic acids is 1. The molecule has 2 heterocycles. The monoisotopic (exact) mass is 287 g/mol. The Hall–Kier alpha value is -1.81. The molecule has 2 atom stereocenters. The highest BCUT2D eigenvalue weighted by Crippen LogP contribution is 2.32. The van der Waals surface area contributed by atoms with Crippen LogP contribution in [0.2, 0.25) is 0 Å². The zero-order valence-corrected chi connectivity index (χ0v) is 12.3. The first-order valence-corrected chi connectivity index (χ1v) is 7.58. The fraction of sp³-hybridized carbons (Fsp3) is 0.471. The Kier molecular flexibility index (Phi) is 3.97. The summed E-state index contributed by atoms with van der Waals surface area (Å²) in [4.78, 5) is 13.1. The maximum atomic E-state index is 10.7. The van der Waals surface area contributed by atoms with Crippen LogP contribution >= 0.6 is 0 Å². The second-order valence-corrected chi connectivity index (χ2v) is 5.94. The lowest BCUT2D eigenvalue weighted by molar-refractivity contribution is -0.137. The van der Waals surface area contributed by atoms with Gasteiger partial charge in [0.2, 0.25) is 0 Å². The Morgan fingerprint density at radius 1 is 1.48 bits per heavy atom. The first-order valence-electron chi connectivity index (χ1n) is 7.58. The fourth-order valence-corrected chi connectivity index (χ4v) is 3.17. The predicted octanol–water partition coefficient (Wildman–Crippen LogP) is 3.68. The van der Waals surface area contributed by atoms with Gasteiger partial charge in [0.05, 0.1) is 6.04 Å². The van der Waals surface area contributed by atoms with E-state index in [1.807, 2.05) is 18.2 Å². The lowest BCUT2D eigenvalue weighted by Crippen LogP contribution is -2.24. The van der Waals surface area contributed by atoms with E-state index in [-0.39, 0.29) is 12.5 Å². The van der Waals surface area contributed by atoms with Gasteiger partial charge in [-0.1, -0.05) is 18.2 Å². The predicted molar refractivity (Wildman–Crippen MR) is 81.2 cm³/mol. The van der Waals surface area contributed by atoms with Crippen molar-refractivity contribution in [1.82, 2.24) is 4.90 Å². The third-order valence-corrected chi connectivity index (χ3v) is 4.49. The largest absolute Gasteiger partial charge is 0.481 e. The quantitative estimate of drug-likeness (QED) is 0.911. The molecule has 1 aliphatic rings. The molecule has 3 rings (SSSR count). The van der Waals surface area contributed by atoms with Crippen molar-refractivity contribution in [1.29, 1.82) is 0 Å². The number of fused-ring (bicyclic) bond motifs is 1. The lowest BCUT2D eigenvalue weighted by atomic mass is 10.0. The highest BCUT2D eigenvalue weighted by Gasteiger charge is 2.28. The number of likely N-dealkylation sites (tertiary alicyclic amines) is 1. The van der Waals surface area contributed by atoms with Crippen LogP contribution in [0.1, 0.15) is 38.0 Å². The number of carboxylic acid groups (broad SMARTS) is 1. The molecule has 0 radical (unpaired) electrons. The van der Waals surface area contributed by atoms with E-state index in [9.17, 15) is 4.79 Å². The maximum absolute atomic E-state index is 10.7. The molecule has 4 heteroatoms. The number of nitrogens with zero attached hydrogens (tertiary/aromatic N) is 1. The number of carbonyl (C=O) groups is 1. The summed E-state index contributed by atoms with van der Waals surface area (Å²) >= 11 is 0. The fourth-order valence-electron chi connectivity index (χ4n) is 3.17. The summed E-state index contributed by atoms with van der Waals surface area (Å²) in [6.45, 7) is 4.14. The molecule has 4 nitrogen and oxygen atoms in total. The number of carboxylic acids is 1. The second kappa shape index (κ2) is 5.90. The first-order chi connectivity index (χ1) is 10.1. The Morgan fingerprint density at radius 3 is 3.05 bits per heavy atom. The third kappa shape index (κ3) is 3.10. The van der Waals surface area contributed by atoms with Gasteiger partial charge in [0.15, 0.2) is 0 Å². The second-order valence-electron chi connectivity index (χ2n) is 5.94. The Morgan fingerprint density at radius 2 is 2.29 bits per heavy atom. The van der Waals surface area contributed by atoms with Crippen molar-refractivity contribution >= 4 is 16.9 Å². The molecule has 0 saturated carbocycles. The van der Waals surface area contributed by atoms with E-state index in [4.69, 9.17) is 9.52 Å². The van der Waals surface area contributed by atoms with Crippen LogP contribution in [0.15, 0.2) is 34.7 Å². The van der Waals surface area contributed by atoms with Gasteiger partial charge in [-0.15, -0.1) is 0 Å². The van der Waals surface area contributed by atoms with Crippen molar-refractivity contribution in [3.63, 3.8) is 0 Å². The Labute approximate surface area is 124 Å². The average Bonchev–Trinajstić information content (AvgIpc) is 3.11. The molecule has 0 spiro atoms. The van der Waals surface area contributed by atoms with Crippen molar-refractivity contribution in [2.24, 2.45) is 5.92 Å². The van der Waals surface area contributed by atoms with Gasteiger partial charge in [-0.2, -0.15) is 0 Å². The van der Waals surface area contributed by atoms with Crippen LogP contribution in [0.25, 0.3) is 11.0 Å². The number of rotatable bonds is 5. The van der Waals surface area contributed by atoms with Gasteiger partial charge < -0.3 is 9.52 Å². The minimum Gasteiger partial charge on any atom is -0.481 e. The van der Waals surface area contributed by atoms with Crippen LogP contribution in [0.4, 0.5) is 0 Å². The number of furan rings is 1. The first kappa shape index (κ1) is 14.1. The van der Waals surface area contributed by atoms with Gasteiger partial charge in [0, 0.05) is 18.4 Å². The van der Waals surface area contributed by atoms with Crippen molar-refractivity contribution in [2.45, 2.75) is 32.2 Å². The number of para-hydroxylation sites is 1. The van der Waals surface area contributed by atoms with E-state index in [0.29, 0.717) is 5.92 Å². The van der Waals surface area contributed by atoms with Gasteiger partial charge in [-0.05, 0) is 44.4 Å². The van der Waals surface area contributed by atoms with Crippen molar-refractivity contribution < 1.29 is 14.3 Å². The SMILES string of the molecule is CC(c1cc2ccccc2o1)N1CCC(CCC(=O)O)C1. The van der Waals surface area contributed by atoms with Crippen LogP contribution in [0.3, 0.4) is 0 Å². The molecule has 1 N–H and O–H groups in total. The lowest BCUT2D eigenvalue weighted by Gasteiger charge is -2.22. The van der Waals surface area contributed by atoms with Gasteiger partial charge >= 0.3 is 5.97 Å². The molecule has 2 unspecified atom stereocenters. The molecule has 0 bridgehead atoms. The molecule has 1 aliphatic heterocycles. The van der Waals surface area contributed by atoms with Crippen molar-refractivity contribution in [2.75, 3.05) is 13.1 Å². The molecular weight excluding hydrogens is 266 g/mol. The van der Waals surface area contributed by atoms with E-state index >= 15 is 0 Å². The Balaban J connectivity index is 1.65. The zero-order valence-electron chi connectivity index (χ0n) is 12.3. The minimum absolute atomic E-state index is 0.243. The summed E-state index contributed by atoms with van der Waals surface area (Å²) in [5.41, 5.74) is 0.931. The van der Waals surface area contributed by atoms with Crippen LogP contribution in [0.5, 0.6) is 0 Å². The molecule has 1 aromatic carbocycles. The summed E-state index contributed by atoms with van der Waals surface area (Å²) in [7, 11) is 0. The molecule has 0 aliphatic carbocycles. The van der Waals surface area contributed by atoms with Gasteiger partial charge in [0.25, 0.3) is 0 Å². The third-order valence-electron chi connectivity index (χ3n) is 4.49. The topological polar surface area (TPSA) is 53.7 Å². The van der Waals surface area contributed by atoms with E-state index in [0.717, 1.165) is 42.7 Å². The van der Waals surface area contributed by atoms with E-state index in [2.05, 4.69) is 24.0 Å². The molecule has 0 amide bonds. The van der Waals surface area contributed by atoms with Gasteiger partial charge in [-0.3, -0.25) is 9.69 Å². The summed E-state index contributed by atoms with van der Waals surface area (Å²) < 4.78 is 5.94. The highest BCUT2D eigenvalue weighted by atomic mass is 16.4. The molecule has 112 valence electrons. The molecule has 1 saturated heterocycles. The van der Waals surface area contributed by atoms with Crippen LogP contribution in [0, 0.1) is 5.92 Å². The molecule has 2 aromatic rings. The zero-order chi connectivity index (χ0) is 14.8. The number of benzene rings is 1. The summed E-state index contributed by atoms with van der Waals surface area (Å²) in [6.07, 6.45) is 2.13.